The van der Waals surface area contributed by atoms with Gasteiger partial charge in [0.25, 0.3) is 0 Å². The summed E-state index contributed by atoms with van der Waals surface area (Å²) in [6, 6.07) is 14.3. The zero-order valence-electron chi connectivity index (χ0n) is 10.7. The highest BCUT2D eigenvalue weighted by atomic mass is 19.1. The normalized spacial score (nSPS) is 14.2. The Kier molecular flexibility index (Phi) is 3.48. The Hall–Kier alpha value is -1.67. The van der Waals surface area contributed by atoms with Gasteiger partial charge < -0.3 is 5.11 Å². The third-order valence-electron chi connectivity index (χ3n) is 3.17. The van der Waals surface area contributed by atoms with Crippen LogP contribution in [-0.2, 0) is 12.0 Å². The average Bonchev–Trinajstić information content (AvgIpc) is 2.33. The van der Waals surface area contributed by atoms with Gasteiger partial charge in [0, 0.05) is 6.42 Å². The molecule has 2 aromatic carbocycles. The van der Waals surface area contributed by atoms with Gasteiger partial charge in [0.1, 0.15) is 5.82 Å². The quantitative estimate of drug-likeness (QED) is 0.875. The fraction of sp³-hybridized carbons (Fsp3) is 0.250. The minimum Gasteiger partial charge on any atom is -0.385 e. The number of benzene rings is 2. The van der Waals surface area contributed by atoms with E-state index in [1.54, 1.807) is 13.0 Å². The van der Waals surface area contributed by atoms with Crippen molar-refractivity contribution < 1.29 is 9.50 Å². The second-order valence-electron chi connectivity index (χ2n) is 4.90. The smallest absolute Gasteiger partial charge is 0.123 e. The second-order valence-corrected chi connectivity index (χ2v) is 4.90. The highest BCUT2D eigenvalue weighted by Gasteiger charge is 2.25. The number of aliphatic hydroxyl groups is 1. The molecule has 0 saturated heterocycles. The lowest BCUT2D eigenvalue weighted by molar-refractivity contribution is 0.0566. The van der Waals surface area contributed by atoms with E-state index in [2.05, 4.69) is 0 Å². The SMILES string of the molecule is Cc1ccc(F)cc1C(C)(O)Cc1ccccc1. The summed E-state index contributed by atoms with van der Waals surface area (Å²) >= 11 is 0. The van der Waals surface area contributed by atoms with E-state index >= 15 is 0 Å². The summed E-state index contributed by atoms with van der Waals surface area (Å²) < 4.78 is 13.3. The molecule has 0 aliphatic carbocycles. The topological polar surface area (TPSA) is 20.2 Å². The average molecular weight is 244 g/mol. The van der Waals surface area contributed by atoms with Crippen molar-refractivity contribution in [2.45, 2.75) is 25.9 Å². The molecule has 0 bridgehead atoms. The molecule has 2 heteroatoms. The highest BCUT2D eigenvalue weighted by molar-refractivity contribution is 5.33. The fourth-order valence-electron chi connectivity index (χ4n) is 2.26. The molecule has 2 rings (SSSR count). The van der Waals surface area contributed by atoms with Crippen LogP contribution in [0.5, 0.6) is 0 Å². The largest absolute Gasteiger partial charge is 0.385 e. The molecule has 2 aromatic rings. The summed E-state index contributed by atoms with van der Waals surface area (Å²) in [6.45, 7) is 3.61. The predicted molar refractivity (Wildman–Crippen MR) is 70.9 cm³/mol. The van der Waals surface area contributed by atoms with Gasteiger partial charge in [-0.3, -0.25) is 0 Å². The van der Waals surface area contributed by atoms with E-state index in [0.29, 0.717) is 12.0 Å². The van der Waals surface area contributed by atoms with Crippen molar-refractivity contribution in [3.63, 3.8) is 0 Å². The summed E-state index contributed by atoms with van der Waals surface area (Å²) in [5.74, 6) is -0.316. The number of halogens is 1. The van der Waals surface area contributed by atoms with Crippen molar-refractivity contribution in [2.24, 2.45) is 0 Å². The summed E-state index contributed by atoms with van der Waals surface area (Å²) in [5, 5.41) is 10.6. The highest BCUT2D eigenvalue weighted by Crippen LogP contribution is 2.28. The number of hydrogen-bond donors (Lipinski definition) is 1. The molecule has 1 unspecified atom stereocenters. The van der Waals surface area contributed by atoms with Crippen molar-refractivity contribution in [1.82, 2.24) is 0 Å². The van der Waals surface area contributed by atoms with Crippen LogP contribution in [0.15, 0.2) is 48.5 Å². The van der Waals surface area contributed by atoms with E-state index in [4.69, 9.17) is 0 Å². The monoisotopic (exact) mass is 244 g/mol. The first-order valence-corrected chi connectivity index (χ1v) is 6.02. The predicted octanol–water partition coefficient (Wildman–Crippen LogP) is 3.58. The Morgan fingerprint density at radius 3 is 2.44 bits per heavy atom. The molecule has 0 spiro atoms. The first kappa shape index (κ1) is 12.8. The molecule has 0 aliphatic rings. The van der Waals surface area contributed by atoms with Crippen LogP contribution in [0.3, 0.4) is 0 Å². The Balaban J connectivity index is 2.33. The van der Waals surface area contributed by atoms with Gasteiger partial charge in [-0.25, -0.2) is 4.39 Å². The van der Waals surface area contributed by atoms with Gasteiger partial charge in [-0.2, -0.15) is 0 Å². The molecule has 1 nitrogen and oxygen atoms in total. The third-order valence-corrected chi connectivity index (χ3v) is 3.17. The molecule has 18 heavy (non-hydrogen) atoms. The van der Waals surface area contributed by atoms with Gasteiger partial charge in [0.15, 0.2) is 0 Å². The molecule has 1 N–H and O–H groups in total. The Labute approximate surface area is 107 Å². The maximum Gasteiger partial charge on any atom is 0.123 e. The van der Waals surface area contributed by atoms with Crippen molar-refractivity contribution in [2.75, 3.05) is 0 Å². The molecule has 0 radical (unpaired) electrons. The maximum absolute atomic E-state index is 13.3. The summed E-state index contributed by atoms with van der Waals surface area (Å²) in [5.41, 5.74) is 1.52. The van der Waals surface area contributed by atoms with Crippen LogP contribution in [0.4, 0.5) is 4.39 Å². The van der Waals surface area contributed by atoms with Crippen LogP contribution < -0.4 is 0 Å². The van der Waals surface area contributed by atoms with E-state index in [1.807, 2.05) is 37.3 Å². The molecule has 0 amide bonds. The van der Waals surface area contributed by atoms with Crippen molar-refractivity contribution in [3.8, 4) is 0 Å². The lowest BCUT2D eigenvalue weighted by Crippen LogP contribution is -2.25. The van der Waals surface area contributed by atoms with Crippen molar-refractivity contribution in [3.05, 3.63) is 71.0 Å². The fourth-order valence-corrected chi connectivity index (χ4v) is 2.26. The van der Waals surface area contributed by atoms with E-state index in [1.165, 1.54) is 12.1 Å². The van der Waals surface area contributed by atoms with Gasteiger partial charge in [-0.15, -0.1) is 0 Å². The second kappa shape index (κ2) is 4.91. The van der Waals surface area contributed by atoms with Crippen LogP contribution in [-0.4, -0.2) is 5.11 Å². The number of aryl methyl sites for hydroxylation is 1. The Morgan fingerprint density at radius 2 is 1.78 bits per heavy atom. The van der Waals surface area contributed by atoms with Crippen LogP contribution in [0.2, 0.25) is 0 Å². The summed E-state index contributed by atoms with van der Waals surface area (Å²) in [6.07, 6.45) is 0.470. The lowest BCUT2D eigenvalue weighted by Gasteiger charge is -2.26. The first-order valence-electron chi connectivity index (χ1n) is 6.02. The molecular weight excluding hydrogens is 227 g/mol. The molecule has 0 fully saturated rings. The minimum atomic E-state index is -1.06. The Bertz CT molecular complexity index is 532. The van der Waals surface area contributed by atoms with Gasteiger partial charge in [0.05, 0.1) is 5.60 Å². The van der Waals surface area contributed by atoms with Crippen molar-refractivity contribution >= 4 is 0 Å². The molecule has 94 valence electrons. The maximum atomic E-state index is 13.3. The zero-order valence-corrected chi connectivity index (χ0v) is 10.7. The van der Waals surface area contributed by atoms with E-state index in [0.717, 1.165) is 11.1 Å². The summed E-state index contributed by atoms with van der Waals surface area (Å²) in [4.78, 5) is 0. The number of hydrogen-bond acceptors (Lipinski definition) is 1. The third kappa shape index (κ3) is 2.77. The van der Waals surface area contributed by atoms with E-state index in [-0.39, 0.29) is 5.82 Å². The zero-order chi connectivity index (χ0) is 13.2. The van der Waals surface area contributed by atoms with Crippen LogP contribution in [0.25, 0.3) is 0 Å². The molecule has 0 heterocycles. The Morgan fingerprint density at radius 1 is 1.11 bits per heavy atom. The van der Waals surface area contributed by atoms with Crippen LogP contribution in [0.1, 0.15) is 23.6 Å². The van der Waals surface area contributed by atoms with Gasteiger partial charge in [-0.05, 0) is 42.7 Å². The van der Waals surface area contributed by atoms with Gasteiger partial charge in [0.2, 0.25) is 0 Å². The standard InChI is InChI=1S/C16H17FO/c1-12-8-9-14(17)10-15(12)16(2,18)11-13-6-4-3-5-7-13/h3-10,18H,11H2,1-2H3. The minimum absolute atomic E-state index is 0.316. The molecule has 1 atom stereocenters. The first-order chi connectivity index (χ1) is 8.49. The number of rotatable bonds is 3. The molecule has 0 aliphatic heterocycles. The van der Waals surface area contributed by atoms with Crippen molar-refractivity contribution in [1.29, 1.82) is 0 Å². The van der Waals surface area contributed by atoms with Gasteiger partial charge >= 0.3 is 0 Å². The summed E-state index contributed by atoms with van der Waals surface area (Å²) in [7, 11) is 0. The molecule has 0 aromatic heterocycles. The van der Waals surface area contributed by atoms with Crippen LogP contribution in [0, 0.1) is 12.7 Å². The van der Waals surface area contributed by atoms with E-state index in [9.17, 15) is 9.50 Å². The van der Waals surface area contributed by atoms with Gasteiger partial charge in [-0.1, -0.05) is 36.4 Å². The molecular formula is C16H17FO. The molecule has 0 saturated carbocycles. The van der Waals surface area contributed by atoms with Crippen LogP contribution >= 0.6 is 0 Å². The lowest BCUT2D eigenvalue weighted by atomic mass is 9.86. The van der Waals surface area contributed by atoms with E-state index < -0.39 is 5.60 Å².